The molecule has 1 atom stereocenters. The first-order valence-corrected chi connectivity index (χ1v) is 7.08. The van der Waals surface area contributed by atoms with Gasteiger partial charge in [0, 0.05) is 17.1 Å². The molecule has 0 saturated heterocycles. The van der Waals surface area contributed by atoms with E-state index in [2.05, 4.69) is 10.6 Å². The Hall–Kier alpha value is -1.98. The molecule has 2 N–H and O–H groups in total. The van der Waals surface area contributed by atoms with Crippen molar-refractivity contribution in [3.05, 3.63) is 64.7 Å². The summed E-state index contributed by atoms with van der Waals surface area (Å²) in [6, 6.07) is 10.1. The van der Waals surface area contributed by atoms with Crippen LogP contribution in [0.15, 0.2) is 42.5 Å². The van der Waals surface area contributed by atoms with Crippen LogP contribution >= 0.6 is 11.6 Å². The normalized spacial score (nSPS) is 12.0. The minimum atomic E-state index is -0.812. The van der Waals surface area contributed by atoms with Crippen LogP contribution in [-0.2, 0) is 4.79 Å². The Kier molecular flexibility index (Phi) is 5.46. The van der Waals surface area contributed by atoms with Crippen molar-refractivity contribution in [1.82, 2.24) is 5.32 Å². The molecule has 2 rings (SSSR count). The lowest BCUT2D eigenvalue weighted by Gasteiger charge is -2.15. The second kappa shape index (κ2) is 7.33. The van der Waals surface area contributed by atoms with E-state index < -0.39 is 17.5 Å². The minimum absolute atomic E-state index is 0.0246. The van der Waals surface area contributed by atoms with Crippen molar-refractivity contribution in [1.29, 1.82) is 0 Å². The number of hydrogen-bond donors (Lipinski definition) is 2. The predicted molar refractivity (Wildman–Crippen MR) is 82.9 cm³/mol. The molecule has 1 amide bonds. The van der Waals surface area contributed by atoms with E-state index in [1.54, 1.807) is 6.07 Å². The topological polar surface area (TPSA) is 41.1 Å². The van der Waals surface area contributed by atoms with Gasteiger partial charge >= 0.3 is 0 Å². The van der Waals surface area contributed by atoms with Crippen molar-refractivity contribution >= 4 is 23.2 Å². The highest BCUT2D eigenvalue weighted by Crippen LogP contribution is 2.22. The number of hydrogen-bond acceptors (Lipinski definition) is 2. The molecule has 0 spiro atoms. The summed E-state index contributed by atoms with van der Waals surface area (Å²) in [5.74, 6) is -1.93. The van der Waals surface area contributed by atoms with Gasteiger partial charge in [-0.25, -0.2) is 8.78 Å². The molecular weight excluding hydrogens is 310 g/mol. The summed E-state index contributed by atoms with van der Waals surface area (Å²) in [5.41, 5.74) is 0.809. The van der Waals surface area contributed by atoms with E-state index in [0.717, 1.165) is 17.7 Å². The van der Waals surface area contributed by atoms with Crippen molar-refractivity contribution < 1.29 is 13.6 Å². The number of carbonyl (C=O) groups is 1. The van der Waals surface area contributed by atoms with Gasteiger partial charge in [-0.1, -0.05) is 29.8 Å². The summed E-state index contributed by atoms with van der Waals surface area (Å²) in [4.78, 5) is 11.8. The summed E-state index contributed by atoms with van der Waals surface area (Å²) in [7, 11) is 0. The first kappa shape index (κ1) is 16.4. The Morgan fingerprint density at radius 1 is 1.23 bits per heavy atom. The summed E-state index contributed by atoms with van der Waals surface area (Å²) < 4.78 is 26.2. The summed E-state index contributed by atoms with van der Waals surface area (Å²) >= 11 is 6.07. The second-order valence-electron chi connectivity index (χ2n) is 4.80. The van der Waals surface area contributed by atoms with Crippen molar-refractivity contribution in [3.8, 4) is 0 Å². The maximum absolute atomic E-state index is 13.4. The molecule has 0 aliphatic carbocycles. The van der Waals surface area contributed by atoms with E-state index in [-0.39, 0.29) is 18.3 Å². The summed E-state index contributed by atoms with van der Waals surface area (Å²) in [6.45, 7) is 1.84. The molecule has 0 radical (unpaired) electrons. The fourth-order valence-electron chi connectivity index (χ4n) is 1.97. The molecule has 2 aromatic rings. The first-order valence-electron chi connectivity index (χ1n) is 6.70. The molecule has 22 heavy (non-hydrogen) atoms. The zero-order valence-corrected chi connectivity index (χ0v) is 12.6. The fourth-order valence-corrected chi connectivity index (χ4v) is 2.27. The van der Waals surface area contributed by atoms with Crippen LogP contribution in [0.25, 0.3) is 0 Å². The van der Waals surface area contributed by atoms with Gasteiger partial charge in [0.2, 0.25) is 5.91 Å². The quantitative estimate of drug-likeness (QED) is 0.875. The van der Waals surface area contributed by atoms with Crippen LogP contribution in [-0.4, -0.2) is 12.5 Å². The molecule has 0 heterocycles. The highest BCUT2D eigenvalue weighted by molar-refractivity contribution is 6.31. The average molecular weight is 325 g/mol. The lowest BCUT2D eigenvalue weighted by Crippen LogP contribution is -2.30. The number of nitrogens with one attached hydrogen (secondary N) is 2. The van der Waals surface area contributed by atoms with Gasteiger partial charge in [-0.15, -0.1) is 0 Å². The van der Waals surface area contributed by atoms with Crippen molar-refractivity contribution in [3.63, 3.8) is 0 Å². The summed E-state index contributed by atoms with van der Waals surface area (Å²) in [5, 5.41) is 5.98. The van der Waals surface area contributed by atoms with Crippen LogP contribution in [0, 0.1) is 11.6 Å². The van der Waals surface area contributed by atoms with E-state index >= 15 is 0 Å². The Labute approximate surface area is 132 Å². The van der Waals surface area contributed by atoms with Crippen LogP contribution in [0.3, 0.4) is 0 Å². The van der Waals surface area contributed by atoms with Crippen molar-refractivity contribution in [2.45, 2.75) is 13.0 Å². The monoisotopic (exact) mass is 324 g/mol. The molecule has 0 aliphatic heterocycles. The van der Waals surface area contributed by atoms with Crippen molar-refractivity contribution in [2.24, 2.45) is 0 Å². The molecule has 116 valence electrons. The number of amides is 1. The SMILES string of the molecule is C[C@@H](NCC(=O)Nc1ccc(F)cc1F)c1ccccc1Cl. The van der Waals surface area contributed by atoms with Gasteiger partial charge in [0.05, 0.1) is 12.2 Å². The molecule has 0 aromatic heterocycles. The third-order valence-corrected chi connectivity index (χ3v) is 3.49. The van der Waals surface area contributed by atoms with Crippen LogP contribution in [0.5, 0.6) is 0 Å². The van der Waals surface area contributed by atoms with Gasteiger partial charge < -0.3 is 10.6 Å². The van der Waals surface area contributed by atoms with Crippen LogP contribution in [0.2, 0.25) is 5.02 Å². The predicted octanol–water partition coefficient (Wildman–Crippen LogP) is 3.91. The molecule has 0 aliphatic rings. The second-order valence-corrected chi connectivity index (χ2v) is 5.20. The number of rotatable bonds is 5. The van der Waals surface area contributed by atoms with E-state index in [0.29, 0.717) is 5.02 Å². The van der Waals surface area contributed by atoms with E-state index in [1.165, 1.54) is 6.07 Å². The van der Waals surface area contributed by atoms with E-state index in [1.807, 2.05) is 25.1 Å². The Morgan fingerprint density at radius 2 is 1.95 bits per heavy atom. The van der Waals surface area contributed by atoms with Gasteiger partial charge in [-0.05, 0) is 30.7 Å². The van der Waals surface area contributed by atoms with Crippen LogP contribution in [0.1, 0.15) is 18.5 Å². The molecule has 2 aromatic carbocycles. The molecular formula is C16H15ClF2N2O. The van der Waals surface area contributed by atoms with Crippen molar-refractivity contribution in [2.75, 3.05) is 11.9 Å². The molecule has 0 saturated carbocycles. The molecule has 6 heteroatoms. The Bertz CT molecular complexity index is 679. The first-order chi connectivity index (χ1) is 10.5. The Balaban J connectivity index is 1.91. The number of halogens is 3. The minimum Gasteiger partial charge on any atom is -0.322 e. The van der Waals surface area contributed by atoms with Gasteiger partial charge in [0.25, 0.3) is 0 Å². The maximum atomic E-state index is 13.4. The lowest BCUT2D eigenvalue weighted by molar-refractivity contribution is -0.115. The lowest BCUT2D eigenvalue weighted by atomic mass is 10.1. The maximum Gasteiger partial charge on any atom is 0.238 e. The van der Waals surface area contributed by atoms with E-state index in [9.17, 15) is 13.6 Å². The fraction of sp³-hybridized carbons (Fsp3) is 0.188. The third kappa shape index (κ3) is 4.26. The molecule has 0 fully saturated rings. The van der Waals surface area contributed by atoms with Crippen LogP contribution in [0.4, 0.5) is 14.5 Å². The van der Waals surface area contributed by atoms with Gasteiger partial charge in [-0.3, -0.25) is 4.79 Å². The van der Waals surface area contributed by atoms with Gasteiger partial charge in [0.1, 0.15) is 11.6 Å². The number of carbonyl (C=O) groups excluding carboxylic acids is 1. The number of anilines is 1. The smallest absolute Gasteiger partial charge is 0.238 e. The summed E-state index contributed by atoms with van der Waals surface area (Å²) in [6.07, 6.45) is 0. The van der Waals surface area contributed by atoms with Gasteiger partial charge in [-0.2, -0.15) is 0 Å². The highest BCUT2D eigenvalue weighted by Gasteiger charge is 2.12. The number of benzene rings is 2. The van der Waals surface area contributed by atoms with Gasteiger partial charge in [0.15, 0.2) is 0 Å². The third-order valence-electron chi connectivity index (χ3n) is 3.15. The molecule has 0 unspecified atom stereocenters. The highest BCUT2D eigenvalue weighted by atomic mass is 35.5. The average Bonchev–Trinajstić information content (AvgIpc) is 2.48. The Morgan fingerprint density at radius 3 is 2.64 bits per heavy atom. The largest absolute Gasteiger partial charge is 0.322 e. The zero-order valence-electron chi connectivity index (χ0n) is 11.9. The van der Waals surface area contributed by atoms with Crippen LogP contribution < -0.4 is 10.6 Å². The zero-order chi connectivity index (χ0) is 16.1. The van der Waals surface area contributed by atoms with E-state index in [4.69, 9.17) is 11.6 Å². The standard InChI is InChI=1S/C16H15ClF2N2O/c1-10(12-4-2-3-5-13(12)17)20-9-16(22)21-15-7-6-11(18)8-14(15)19/h2-8,10,20H,9H2,1H3,(H,21,22)/t10-/m1/s1. The molecule has 0 bridgehead atoms. The molecule has 3 nitrogen and oxygen atoms in total.